The summed E-state index contributed by atoms with van der Waals surface area (Å²) in [5.41, 5.74) is 2.20. The molecule has 0 unspecified atom stereocenters. The van der Waals surface area contributed by atoms with E-state index in [1.165, 1.54) is 24.3 Å². The summed E-state index contributed by atoms with van der Waals surface area (Å²) in [7, 11) is 0. The highest BCUT2D eigenvalue weighted by molar-refractivity contribution is 6.34. The van der Waals surface area contributed by atoms with Crippen molar-refractivity contribution in [2.45, 2.75) is 13.8 Å². The zero-order chi connectivity index (χ0) is 22.7. The van der Waals surface area contributed by atoms with Crippen LogP contribution >= 0.6 is 11.6 Å². The number of aryl methyl sites for hydroxylation is 1. The molecule has 1 aromatic heterocycles. The number of ether oxygens (including phenoxy) is 1. The van der Waals surface area contributed by atoms with Crippen molar-refractivity contribution in [1.82, 2.24) is 4.57 Å². The Labute approximate surface area is 181 Å². The van der Waals surface area contributed by atoms with Crippen molar-refractivity contribution in [3.05, 3.63) is 86.4 Å². The van der Waals surface area contributed by atoms with E-state index in [2.05, 4.69) is 5.32 Å². The Morgan fingerprint density at radius 3 is 2.45 bits per heavy atom. The summed E-state index contributed by atoms with van der Waals surface area (Å²) in [6, 6.07) is 11.0. The van der Waals surface area contributed by atoms with Gasteiger partial charge in [0.25, 0.3) is 11.6 Å². The average molecular weight is 446 g/mol. The first-order valence-corrected chi connectivity index (χ1v) is 9.41. The molecule has 0 atom stereocenters. The van der Waals surface area contributed by atoms with Crippen LogP contribution in [-0.2, 0) is 9.53 Å². The Balaban J connectivity index is 1.67. The lowest BCUT2D eigenvalue weighted by molar-refractivity contribution is -0.384. The number of carbonyl (C=O) groups is 2. The fourth-order valence-corrected chi connectivity index (χ4v) is 3.29. The lowest BCUT2D eigenvalue weighted by Crippen LogP contribution is -2.21. The molecule has 0 aliphatic carbocycles. The van der Waals surface area contributed by atoms with E-state index in [1.807, 2.05) is 0 Å². The first-order valence-electron chi connectivity index (χ1n) is 9.03. The number of nitro groups is 1. The Bertz CT molecular complexity index is 1170. The predicted octanol–water partition coefficient (Wildman–Crippen LogP) is 4.59. The van der Waals surface area contributed by atoms with E-state index in [1.54, 1.807) is 36.6 Å². The number of anilines is 1. The number of nitro benzene ring substituents is 1. The van der Waals surface area contributed by atoms with Crippen molar-refractivity contribution in [3.63, 3.8) is 0 Å². The van der Waals surface area contributed by atoms with Crippen molar-refractivity contribution in [2.24, 2.45) is 0 Å². The Kier molecular flexibility index (Phi) is 6.36. The van der Waals surface area contributed by atoms with Gasteiger partial charge in [0, 0.05) is 29.2 Å². The Morgan fingerprint density at radius 1 is 1.16 bits per heavy atom. The molecule has 0 aliphatic rings. The molecule has 1 heterocycles. The monoisotopic (exact) mass is 445 g/mol. The highest BCUT2D eigenvalue weighted by atomic mass is 35.5. The van der Waals surface area contributed by atoms with E-state index in [0.29, 0.717) is 11.4 Å². The van der Waals surface area contributed by atoms with Crippen LogP contribution in [0, 0.1) is 29.8 Å². The van der Waals surface area contributed by atoms with Gasteiger partial charge in [-0.3, -0.25) is 14.9 Å². The van der Waals surface area contributed by atoms with Gasteiger partial charge in [-0.15, -0.1) is 0 Å². The van der Waals surface area contributed by atoms with Gasteiger partial charge in [0.1, 0.15) is 5.82 Å². The molecule has 2 aromatic carbocycles. The van der Waals surface area contributed by atoms with Gasteiger partial charge in [0.15, 0.2) is 6.61 Å². The number of halogens is 2. The Morgan fingerprint density at radius 2 is 1.84 bits per heavy atom. The van der Waals surface area contributed by atoms with Crippen LogP contribution in [0.5, 0.6) is 0 Å². The molecule has 10 heteroatoms. The van der Waals surface area contributed by atoms with Crippen LogP contribution in [0.1, 0.15) is 21.7 Å². The van der Waals surface area contributed by atoms with Crippen molar-refractivity contribution < 1.29 is 23.6 Å². The number of nitrogens with one attached hydrogen (secondary N) is 1. The number of carbonyl (C=O) groups excluding carboxylic acids is 2. The Hall–Kier alpha value is -3.72. The molecular formula is C21H17ClFN3O5. The van der Waals surface area contributed by atoms with Crippen LogP contribution in [0.15, 0.2) is 48.5 Å². The third kappa shape index (κ3) is 4.89. The first kappa shape index (κ1) is 22.0. The van der Waals surface area contributed by atoms with Gasteiger partial charge in [-0.2, -0.15) is 0 Å². The standard InChI is InChI=1S/C21H17ClFN3O5/c1-12-9-17(13(2)25(12)15-5-3-14(23)4-6-15)21(28)31-11-20(27)24-19-8-7-16(26(29)30)10-18(19)22/h3-10H,11H2,1-2H3,(H,24,27). The second kappa shape index (κ2) is 8.97. The highest BCUT2D eigenvalue weighted by Gasteiger charge is 2.19. The molecule has 3 aromatic rings. The van der Waals surface area contributed by atoms with Crippen molar-refractivity contribution >= 4 is 34.9 Å². The van der Waals surface area contributed by atoms with Crippen LogP contribution in [0.2, 0.25) is 5.02 Å². The number of non-ortho nitro benzene ring substituents is 1. The molecule has 8 nitrogen and oxygen atoms in total. The van der Waals surface area contributed by atoms with E-state index in [0.717, 1.165) is 11.8 Å². The summed E-state index contributed by atoms with van der Waals surface area (Å²) in [4.78, 5) is 34.7. The first-order chi connectivity index (χ1) is 14.7. The number of aromatic nitrogens is 1. The van der Waals surface area contributed by atoms with Crippen molar-refractivity contribution in [1.29, 1.82) is 0 Å². The molecule has 0 saturated carbocycles. The van der Waals surface area contributed by atoms with Crippen molar-refractivity contribution in [3.8, 4) is 5.69 Å². The average Bonchev–Trinajstić information content (AvgIpc) is 3.02. The van der Waals surface area contributed by atoms with Gasteiger partial charge in [0.05, 0.1) is 21.2 Å². The van der Waals surface area contributed by atoms with Crippen LogP contribution in [0.25, 0.3) is 5.69 Å². The second-order valence-electron chi connectivity index (χ2n) is 6.64. The number of rotatable bonds is 6. The van der Waals surface area contributed by atoms with E-state index in [4.69, 9.17) is 16.3 Å². The van der Waals surface area contributed by atoms with Gasteiger partial charge in [-0.25, -0.2) is 9.18 Å². The summed E-state index contributed by atoms with van der Waals surface area (Å²) < 4.78 is 20.1. The quantitative estimate of drug-likeness (QED) is 0.339. The lowest BCUT2D eigenvalue weighted by atomic mass is 10.2. The number of hydrogen-bond acceptors (Lipinski definition) is 5. The fraction of sp³-hybridized carbons (Fsp3) is 0.143. The van der Waals surface area contributed by atoms with Gasteiger partial charge in [-0.05, 0) is 50.2 Å². The second-order valence-corrected chi connectivity index (χ2v) is 7.05. The maximum Gasteiger partial charge on any atom is 0.340 e. The molecule has 31 heavy (non-hydrogen) atoms. The van der Waals surface area contributed by atoms with Gasteiger partial charge in [-0.1, -0.05) is 11.6 Å². The number of benzene rings is 2. The largest absolute Gasteiger partial charge is 0.452 e. The highest BCUT2D eigenvalue weighted by Crippen LogP contribution is 2.26. The van der Waals surface area contributed by atoms with Gasteiger partial charge < -0.3 is 14.6 Å². The lowest BCUT2D eigenvalue weighted by Gasteiger charge is -2.10. The number of amides is 1. The molecule has 0 fully saturated rings. The van der Waals surface area contributed by atoms with E-state index in [9.17, 15) is 24.1 Å². The maximum atomic E-state index is 13.2. The molecule has 3 rings (SSSR count). The summed E-state index contributed by atoms with van der Waals surface area (Å²) in [6.07, 6.45) is 0. The normalized spacial score (nSPS) is 10.6. The molecule has 0 radical (unpaired) electrons. The molecule has 160 valence electrons. The zero-order valence-corrected chi connectivity index (χ0v) is 17.3. The summed E-state index contributed by atoms with van der Waals surface area (Å²) >= 11 is 5.93. The smallest absolute Gasteiger partial charge is 0.340 e. The van der Waals surface area contributed by atoms with Crippen LogP contribution < -0.4 is 5.32 Å². The minimum atomic E-state index is -0.702. The van der Waals surface area contributed by atoms with Gasteiger partial charge >= 0.3 is 5.97 Å². The topological polar surface area (TPSA) is 103 Å². The molecule has 0 spiro atoms. The van der Waals surface area contributed by atoms with E-state index >= 15 is 0 Å². The molecule has 0 saturated heterocycles. The maximum absolute atomic E-state index is 13.2. The van der Waals surface area contributed by atoms with Crippen LogP contribution in [0.3, 0.4) is 0 Å². The molecule has 0 aliphatic heterocycles. The molecular weight excluding hydrogens is 429 g/mol. The minimum absolute atomic E-state index is 0.0169. The predicted molar refractivity (Wildman–Crippen MR) is 112 cm³/mol. The molecule has 1 amide bonds. The molecule has 0 bridgehead atoms. The van der Waals surface area contributed by atoms with Gasteiger partial charge in [0.2, 0.25) is 0 Å². The number of hydrogen-bond donors (Lipinski definition) is 1. The van der Waals surface area contributed by atoms with E-state index < -0.39 is 23.4 Å². The number of nitrogens with zero attached hydrogens (tertiary/aromatic N) is 2. The zero-order valence-electron chi connectivity index (χ0n) is 16.5. The third-order valence-electron chi connectivity index (χ3n) is 4.51. The summed E-state index contributed by atoms with van der Waals surface area (Å²) in [6.45, 7) is 2.92. The minimum Gasteiger partial charge on any atom is -0.452 e. The SMILES string of the molecule is Cc1cc(C(=O)OCC(=O)Nc2ccc([N+](=O)[O-])cc2Cl)c(C)n1-c1ccc(F)cc1. The van der Waals surface area contributed by atoms with Crippen LogP contribution in [-0.4, -0.2) is 28.0 Å². The summed E-state index contributed by atoms with van der Waals surface area (Å²) in [5, 5.41) is 13.2. The van der Waals surface area contributed by atoms with Crippen LogP contribution in [0.4, 0.5) is 15.8 Å². The summed E-state index contributed by atoms with van der Waals surface area (Å²) in [5.74, 6) is -1.73. The number of esters is 1. The molecule has 1 N–H and O–H groups in total. The third-order valence-corrected chi connectivity index (χ3v) is 4.82. The fourth-order valence-electron chi connectivity index (χ4n) is 3.07. The van der Waals surface area contributed by atoms with E-state index in [-0.39, 0.29) is 27.8 Å². The van der Waals surface area contributed by atoms with Crippen molar-refractivity contribution in [2.75, 3.05) is 11.9 Å².